The summed E-state index contributed by atoms with van der Waals surface area (Å²) < 4.78 is 4.44. The van der Waals surface area contributed by atoms with Crippen LogP contribution in [0.25, 0.3) is 22.1 Å². The first-order valence-corrected chi connectivity index (χ1v) is 5.73. The molecule has 2 heteroatoms. The van der Waals surface area contributed by atoms with Gasteiger partial charge in [0, 0.05) is 11.5 Å². The molecule has 0 radical (unpaired) electrons. The van der Waals surface area contributed by atoms with Crippen molar-refractivity contribution in [3.8, 4) is 0 Å². The molecule has 0 amide bonds. The summed E-state index contributed by atoms with van der Waals surface area (Å²) in [7, 11) is 0. The van der Waals surface area contributed by atoms with Gasteiger partial charge in [-0.2, -0.15) is 8.80 Å². The predicted octanol–water partition coefficient (Wildman–Crippen LogP) is 2.83. The largest absolute Gasteiger partial charge is 0.291 e. The van der Waals surface area contributed by atoms with E-state index >= 15 is 0 Å². The topological polar surface area (TPSA) is 8.51 Å². The van der Waals surface area contributed by atoms with Crippen molar-refractivity contribution in [2.75, 3.05) is 0 Å². The minimum absolute atomic E-state index is 1.19. The number of nitrogens with zero attached hydrogens (tertiary/aromatic N) is 2. The van der Waals surface area contributed by atoms with Crippen LogP contribution in [0.2, 0.25) is 0 Å². The van der Waals surface area contributed by atoms with E-state index in [1.54, 1.807) is 0 Å². The molecule has 0 spiro atoms. The molecule has 17 heavy (non-hydrogen) atoms. The van der Waals surface area contributed by atoms with Gasteiger partial charge in [0.25, 0.3) is 5.65 Å². The number of hydrogen-bond acceptors (Lipinski definition) is 0. The normalized spacial score (nSPS) is 11.5. The Morgan fingerprint density at radius 2 is 1.71 bits per heavy atom. The Balaban J connectivity index is 2.34. The quantitative estimate of drug-likeness (QED) is 0.402. The number of aromatic nitrogens is 2. The van der Waals surface area contributed by atoms with Crippen LogP contribution in [0.4, 0.5) is 0 Å². The number of rotatable bonds is 0. The number of hydrogen-bond donors (Lipinski definition) is 0. The molecule has 0 saturated carbocycles. The molecule has 4 aromatic rings. The van der Waals surface area contributed by atoms with E-state index in [1.807, 2.05) is 0 Å². The highest BCUT2D eigenvalue weighted by Crippen LogP contribution is 2.13. The minimum Gasteiger partial charge on any atom is -0.196 e. The van der Waals surface area contributed by atoms with Gasteiger partial charge in [0.05, 0.1) is 6.20 Å². The van der Waals surface area contributed by atoms with Crippen LogP contribution in [0.15, 0.2) is 67.0 Å². The van der Waals surface area contributed by atoms with Crippen molar-refractivity contribution in [3.63, 3.8) is 0 Å². The summed E-state index contributed by atoms with van der Waals surface area (Å²) in [6.07, 6.45) is 4.27. The molecule has 3 aromatic heterocycles. The van der Waals surface area contributed by atoms with E-state index in [0.29, 0.717) is 0 Å². The third-order valence-corrected chi connectivity index (χ3v) is 3.25. The molecule has 4 rings (SSSR count). The molecule has 1 aromatic carbocycles. The summed E-state index contributed by atoms with van der Waals surface area (Å²) in [5.41, 5.74) is 3.65. The number of fused-ring (bicyclic) bond motifs is 5. The fourth-order valence-electron chi connectivity index (χ4n) is 2.45. The van der Waals surface area contributed by atoms with Crippen LogP contribution >= 0.6 is 0 Å². The number of pyridine rings is 2. The van der Waals surface area contributed by atoms with Crippen molar-refractivity contribution < 1.29 is 4.40 Å². The van der Waals surface area contributed by atoms with Crippen LogP contribution in [-0.2, 0) is 0 Å². The lowest BCUT2D eigenvalue weighted by Gasteiger charge is -1.94. The second kappa shape index (κ2) is 3.08. The molecule has 80 valence electrons. The van der Waals surface area contributed by atoms with E-state index in [-0.39, 0.29) is 0 Å². The molecule has 0 aliphatic carbocycles. The molecule has 0 fully saturated rings. The molecule has 2 nitrogen and oxygen atoms in total. The first-order chi connectivity index (χ1) is 8.43. The summed E-state index contributed by atoms with van der Waals surface area (Å²) in [6.45, 7) is 0. The van der Waals surface area contributed by atoms with Crippen molar-refractivity contribution in [2.45, 2.75) is 0 Å². The highest BCUT2D eigenvalue weighted by Gasteiger charge is 2.12. The highest BCUT2D eigenvalue weighted by molar-refractivity contribution is 5.77. The molecule has 0 unspecified atom stereocenters. The van der Waals surface area contributed by atoms with Gasteiger partial charge in [-0.15, -0.1) is 0 Å². The van der Waals surface area contributed by atoms with Gasteiger partial charge >= 0.3 is 0 Å². The van der Waals surface area contributed by atoms with Crippen LogP contribution < -0.4 is 4.40 Å². The van der Waals surface area contributed by atoms with E-state index < -0.39 is 0 Å². The minimum atomic E-state index is 1.19. The molecule has 0 aliphatic rings. The van der Waals surface area contributed by atoms with Crippen LogP contribution in [0.3, 0.4) is 0 Å². The molecule has 0 atom stereocenters. The maximum absolute atomic E-state index is 2.24. The predicted molar refractivity (Wildman–Crippen MR) is 68.1 cm³/mol. The van der Waals surface area contributed by atoms with Gasteiger partial charge in [-0.1, -0.05) is 24.3 Å². The Kier molecular flexibility index (Phi) is 1.59. The third-order valence-electron chi connectivity index (χ3n) is 3.25. The van der Waals surface area contributed by atoms with Crippen LogP contribution in [0.5, 0.6) is 0 Å². The Morgan fingerprint density at radius 3 is 2.71 bits per heavy atom. The molecule has 3 heterocycles. The first kappa shape index (κ1) is 8.76. The molecular weight excluding hydrogens is 208 g/mol. The van der Waals surface area contributed by atoms with Gasteiger partial charge in [0.15, 0.2) is 5.52 Å². The van der Waals surface area contributed by atoms with Crippen molar-refractivity contribution in [1.29, 1.82) is 0 Å². The van der Waals surface area contributed by atoms with Gasteiger partial charge in [0.2, 0.25) is 0 Å². The van der Waals surface area contributed by atoms with Crippen molar-refractivity contribution in [2.24, 2.45) is 0 Å². The fraction of sp³-hybridized carbons (Fsp3) is 0. The lowest BCUT2D eigenvalue weighted by molar-refractivity contribution is -0.479. The zero-order valence-corrected chi connectivity index (χ0v) is 9.25. The van der Waals surface area contributed by atoms with E-state index in [1.165, 1.54) is 22.1 Å². The van der Waals surface area contributed by atoms with E-state index in [4.69, 9.17) is 0 Å². The lowest BCUT2D eigenvalue weighted by atomic mass is 10.2. The van der Waals surface area contributed by atoms with Crippen molar-refractivity contribution in [3.05, 3.63) is 67.0 Å². The molecule has 0 aliphatic heterocycles. The SMILES string of the molecule is c1ccc2c(c1)ccc1n3ccccc3c[n+]21. The van der Waals surface area contributed by atoms with E-state index in [9.17, 15) is 0 Å². The second-order valence-corrected chi connectivity index (χ2v) is 4.24. The van der Waals surface area contributed by atoms with Crippen molar-refractivity contribution >= 4 is 22.1 Å². The number of imidazole rings is 1. The number of para-hydroxylation sites is 1. The molecule has 0 N–H and O–H groups in total. The number of benzene rings is 1. The highest BCUT2D eigenvalue weighted by atomic mass is 15.1. The zero-order valence-electron chi connectivity index (χ0n) is 9.25. The summed E-state index contributed by atoms with van der Waals surface area (Å²) in [6, 6.07) is 19.0. The van der Waals surface area contributed by atoms with Crippen LogP contribution in [0.1, 0.15) is 0 Å². The van der Waals surface area contributed by atoms with Crippen LogP contribution in [-0.4, -0.2) is 4.40 Å². The van der Waals surface area contributed by atoms with Gasteiger partial charge in [0.1, 0.15) is 11.7 Å². The van der Waals surface area contributed by atoms with Gasteiger partial charge in [-0.25, -0.2) is 0 Å². The summed E-state index contributed by atoms with van der Waals surface area (Å²) >= 11 is 0. The maximum atomic E-state index is 2.24. The Bertz CT molecular complexity index is 843. The summed E-state index contributed by atoms with van der Waals surface area (Å²) in [5, 5.41) is 1.26. The average Bonchev–Trinajstić information content (AvgIpc) is 2.78. The van der Waals surface area contributed by atoms with Crippen LogP contribution in [0, 0.1) is 0 Å². The van der Waals surface area contributed by atoms with E-state index in [0.717, 1.165) is 0 Å². The van der Waals surface area contributed by atoms with Gasteiger partial charge in [-0.3, -0.25) is 0 Å². The smallest absolute Gasteiger partial charge is 0.196 e. The first-order valence-electron chi connectivity index (χ1n) is 5.73. The average molecular weight is 219 g/mol. The molecule has 0 saturated heterocycles. The summed E-state index contributed by atoms with van der Waals surface area (Å²) in [4.78, 5) is 0. The van der Waals surface area contributed by atoms with Gasteiger partial charge in [-0.05, 0) is 24.3 Å². The molecule has 0 bridgehead atoms. The fourth-order valence-corrected chi connectivity index (χ4v) is 2.45. The third kappa shape index (κ3) is 1.12. The maximum Gasteiger partial charge on any atom is 0.291 e. The van der Waals surface area contributed by atoms with Gasteiger partial charge < -0.3 is 0 Å². The lowest BCUT2D eigenvalue weighted by Crippen LogP contribution is -2.19. The van der Waals surface area contributed by atoms with Crippen molar-refractivity contribution in [1.82, 2.24) is 4.40 Å². The van der Waals surface area contributed by atoms with E-state index in [2.05, 4.69) is 75.8 Å². The second-order valence-electron chi connectivity index (χ2n) is 4.24. The molecular formula is C15H11N2+. The zero-order chi connectivity index (χ0) is 11.2. The standard InChI is InChI=1S/C15H11N2/c1-2-7-14-12(5-1)8-9-15-16-10-4-3-6-13(16)11-17(14)15/h1-11H/q+1. The monoisotopic (exact) mass is 219 g/mol. The Morgan fingerprint density at radius 1 is 0.824 bits per heavy atom. The Hall–Kier alpha value is -2.35. The Labute approximate surface area is 98.4 Å². The summed E-state index contributed by atoms with van der Waals surface area (Å²) in [5.74, 6) is 0.